The van der Waals surface area contributed by atoms with E-state index in [9.17, 15) is 0 Å². The molecule has 6 unspecified atom stereocenters. The second-order valence-electron chi connectivity index (χ2n) is 10.7. The van der Waals surface area contributed by atoms with Crippen LogP contribution in [0.25, 0.3) is 0 Å². The van der Waals surface area contributed by atoms with Crippen molar-refractivity contribution in [3.05, 3.63) is 36.5 Å². The Morgan fingerprint density at radius 1 is 0.583 bits per heavy atom. The molecule has 0 aliphatic carbocycles. The highest BCUT2D eigenvalue weighted by Gasteiger charge is 2.15. The van der Waals surface area contributed by atoms with Crippen LogP contribution in [0.1, 0.15) is 141 Å². The number of hydrogen-bond donors (Lipinski definition) is 1. The summed E-state index contributed by atoms with van der Waals surface area (Å²) in [7, 11) is 0. The maximum Gasteiger partial charge on any atom is -0.0196 e. The zero-order valence-corrected chi connectivity index (χ0v) is 27.0. The van der Waals surface area contributed by atoms with E-state index in [1.807, 2.05) is 13.8 Å². The summed E-state index contributed by atoms with van der Waals surface area (Å²) in [4.78, 5) is 0. The lowest BCUT2D eigenvalue weighted by Crippen LogP contribution is -2.11. The van der Waals surface area contributed by atoms with Gasteiger partial charge in [0.1, 0.15) is 0 Å². The number of allylic oxidation sites excluding steroid dienone is 4. The van der Waals surface area contributed by atoms with Gasteiger partial charge in [-0.15, -0.1) is 0 Å². The number of hydrogen-bond acceptors (Lipinski definition) is 1. The highest BCUT2D eigenvalue weighted by Crippen LogP contribution is 2.28. The molecule has 0 saturated carbocycles. The van der Waals surface area contributed by atoms with Crippen molar-refractivity contribution in [2.24, 2.45) is 35.5 Å². The SMILES string of the molecule is C=C(/C=C\C(=C)C(C)CCC(C)C(C)CCC(C)CC)C(C)CCC(C)CC.CC.CCC.F.N.O. The average Bonchev–Trinajstić information content (AvgIpc) is 2.83. The minimum Gasteiger partial charge on any atom is -0.412 e. The van der Waals surface area contributed by atoms with E-state index >= 15 is 0 Å². The van der Waals surface area contributed by atoms with Gasteiger partial charge in [-0.2, -0.15) is 0 Å². The first kappa shape index (κ1) is 48.2. The highest BCUT2D eigenvalue weighted by atomic mass is 19.0. The minimum absolute atomic E-state index is 0. The molecule has 0 saturated heterocycles. The maximum atomic E-state index is 4.34. The summed E-state index contributed by atoms with van der Waals surface area (Å²) in [5.41, 5.74) is 2.51. The van der Waals surface area contributed by atoms with Crippen molar-refractivity contribution in [2.75, 3.05) is 0 Å². The fraction of sp³-hybridized carbons (Fsp3) is 0.818. The van der Waals surface area contributed by atoms with E-state index in [1.54, 1.807) is 0 Å². The Kier molecular flexibility index (Phi) is 43.0. The summed E-state index contributed by atoms with van der Waals surface area (Å²) in [6, 6.07) is 0. The van der Waals surface area contributed by atoms with Gasteiger partial charge in [0.2, 0.25) is 0 Å². The van der Waals surface area contributed by atoms with Crippen molar-refractivity contribution in [1.29, 1.82) is 0 Å². The molecular weight excluding hydrogens is 445 g/mol. The monoisotopic (exact) mass is 518 g/mol. The van der Waals surface area contributed by atoms with Crippen molar-refractivity contribution < 1.29 is 10.2 Å². The molecule has 0 aromatic carbocycles. The van der Waals surface area contributed by atoms with E-state index in [4.69, 9.17) is 0 Å². The summed E-state index contributed by atoms with van der Waals surface area (Å²) < 4.78 is 0. The Morgan fingerprint density at radius 2 is 0.833 bits per heavy atom. The highest BCUT2D eigenvalue weighted by molar-refractivity contribution is 5.26. The van der Waals surface area contributed by atoms with Gasteiger partial charge in [-0.05, 0) is 54.8 Å². The normalized spacial score (nSPS) is 15.0. The molecule has 0 spiro atoms. The lowest BCUT2D eigenvalue weighted by atomic mass is 9.83. The Hall–Kier alpha value is -0.930. The molecular formula is C33H72FNO. The van der Waals surface area contributed by atoms with Crippen LogP contribution >= 0.6 is 0 Å². The number of halogens is 1. The lowest BCUT2D eigenvalue weighted by Gasteiger charge is -2.23. The smallest absolute Gasteiger partial charge is 0.0196 e. The lowest BCUT2D eigenvalue weighted by molar-refractivity contribution is 0.301. The third-order valence-corrected chi connectivity index (χ3v) is 7.41. The van der Waals surface area contributed by atoms with Crippen LogP contribution in [-0.4, -0.2) is 5.48 Å². The molecule has 0 amide bonds. The fourth-order valence-electron chi connectivity index (χ4n) is 3.49. The topological polar surface area (TPSA) is 66.5 Å². The van der Waals surface area contributed by atoms with E-state index in [2.05, 4.69) is 94.5 Å². The van der Waals surface area contributed by atoms with E-state index in [0.717, 1.165) is 23.7 Å². The molecule has 0 aliphatic rings. The Labute approximate surface area is 229 Å². The Balaban J connectivity index is -0.000000260. The van der Waals surface area contributed by atoms with Crippen LogP contribution in [0.2, 0.25) is 0 Å². The fourth-order valence-corrected chi connectivity index (χ4v) is 3.49. The molecule has 0 aliphatic heterocycles. The third kappa shape index (κ3) is 27.7. The Bertz CT molecular complexity index is 488. The first-order valence-corrected chi connectivity index (χ1v) is 14.6. The van der Waals surface area contributed by atoms with Crippen molar-refractivity contribution in [2.45, 2.75) is 141 Å². The second-order valence-corrected chi connectivity index (χ2v) is 10.7. The first-order valence-electron chi connectivity index (χ1n) is 14.6. The molecule has 0 aromatic heterocycles. The van der Waals surface area contributed by atoms with Gasteiger partial charge in [0.15, 0.2) is 0 Å². The summed E-state index contributed by atoms with van der Waals surface area (Å²) in [6.45, 7) is 35.7. The van der Waals surface area contributed by atoms with Crippen LogP contribution in [0.15, 0.2) is 36.5 Å². The first-order chi connectivity index (χ1) is 15.5. The van der Waals surface area contributed by atoms with E-state index in [0.29, 0.717) is 11.8 Å². The van der Waals surface area contributed by atoms with Crippen molar-refractivity contribution >= 4 is 0 Å². The Morgan fingerprint density at radius 3 is 1.14 bits per heavy atom. The van der Waals surface area contributed by atoms with Gasteiger partial charge in [-0.25, -0.2) is 0 Å². The number of rotatable bonds is 16. The molecule has 6 atom stereocenters. The standard InChI is InChI=1S/C28H52.C3H8.C2H6.FH.H3N.H2O/c1-11-21(3)13-15-23(5)25(7)17-19-27(9)28(10)20-18-26(8)24(6)16-14-22(4)12-2;1-3-2;1-2;;;/h17,19,21-24,26,28H,7,9,11-16,18,20H2,1-6,8,10H3;3H2,1-2H3;1-2H3;1H;1H3;1H2/b19-17-;;;;;. The zero-order valence-electron chi connectivity index (χ0n) is 27.0. The largest absolute Gasteiger partial charge is 0.412 e. The van der Waals surface area contributed by atoms with Gasteiger partial charge in [-0.3, -0.25) is 4.70 Å². The quantitative estimate of drug-likeness (QED) is 0.203. The molecule has 36 heavy (non-hydrogen) atoms. The molecule has 0 fully saturated rings. The van der Waals surface area contributed by atoms with Gasteiger partial charge in [0, 0.05) is 0 Å². The molecule has 0 bridgehead atoms. The van der Waals surface area contributed by atoms with Gasteiger partial charge < -0.3 is 11.6 Å². The second kappa shape index (κ2) is 32.1. The molecule has 3 heteroatoms. The van der Waals surface area contributed by atoms with Crippen LogP contribution in [0, 0.1) is 35.5 Å². The van der Waals surface area contributed by atoms with Crippen molar-refractivity contribution in [3.8, 4) is 0 Å². The molecule has 0 radical (unpaired) electrons. The van der Waals surface area contributed by atoms with E-state index < -0.39 is 0 Å². The predicted molar refractivity (Wildman–Crippen MR) is 169 cm³/mol. The minimum atomic E-state index is 0. The van der Waals surface area contributed by atoms with Gasteiger partial charge >= 0.3 is 0 Å². The maximum absolute atomic E-state index is 4.34. The van der Waals surface area contributed by atoms with Crippen LogP contribution < -0.4 is 6.15 Å². The van der Waals surface area contributed by atoms with Crippen LogP contribution in [0.5, 0.6) is 0 Å². The molecule has 2 nitrogen and oxygen atoms in total. The van der Waals surface area contributed by atoms with E-state index in [1.165, 1.54) is 68.9 Å². The van der Waals surface area contributed by atoms with Crippen LogP contribution in [-0.2, 0) is 0 Å². The van der Waals surface area contributed by atoms with Gasteiger partial charge in [0.25, 0.3) is 0 Å². The van der Waals surface area contributed by atoms with Crippen LogP contribution in [0.3, 0.4) is 0 Å². The van der Waals surface area contributed by atoms with E-state index in [-0.39, 0.29) is 16.3 Å². The van der Waals surface area contributed by atoms with Crippen molar-refractivity contribution in [3.63, 3.8) is 0 Å². The van der Waals surface area contributed by atoms with Crippen LogP contribution in [0.4, 0.5) is 4.70 Å². The van der Waals surface area contributed by atoms with Gasteiger partial charge in [-0.1, -0.05) is 158 Å². The third-order valence-electron chi connectivity index (χ3n) is 7.41. The average molecular weight is 518 g/mol. The van der Waals surface area contributed by atoms with Gasteiger partial charge in [0.05, 0.1) is 0 Å². The zero-order chi connectivity index (χ0) is 26.4. The predicted octanol–water partition coefficient (Wildman–Crippen LogP) is 11.6. The van der Waals surface area contributed by atoms with Crippen molar-refractivity contribution in [1.82, 2.24) is 6.15 Å². The summed E-state index contributed by atoms with van der Waals surface area (Å²) in [5.74, 6) is 4.46. The molecule has 0 aromatic rings. The summed E-state index contributed by atoms with van der Waals surface area (Å²) in [5, 5.41) is 0. The molecule has 0 rings (SSSR count). The summed E-state index contributed by atoms with van der Waals surface area (Å²) >= 11 is 0. The molecule has 222 valence electrons. The molecule has 5 N–H and O–H groups in total. The molecule has 0 heterocycles. The summed E-state index contributed by atoms with van der Waals surface area (Å²) in [6.07, 6.45) is 16.1.